The molecule has 1 aliphatic rings. The van der Waals surface area contributed by atoms with Gasteiger partial charge in [-0.3, -0.25) is 14.5 Å². The first-order valence-corrected chi connectivity index (χ1v) is 11.4. The van der Waals surface area contributed by atoms with Crippen molar-refractivity contribution in [2.75, 3.05) is 0 Å². The van der Waals surface area contributed by atoms with Crippen LogP contribution in [0.15, 0.2) is 82.2 Å². The van der Waals surface area contributed by atoms with Crippen molar-refractivity contribution in [3.8, 4) is 5.75 Å². The maximum atomic E-state index is 12.8. The fraction of sp³-hybridized carbons (Fsp3) is 0.0833. The summed E-state index contributed by atoms with van der Waals surface area (Å²) >= 11 is 10.2. The summed E-state index contributed by atoms with van der Waals surface area (Å²) < 4.78 is 6.80. The van der Waals surface area contributed by atoms with Gasteiger partial charge >= 0.3 is 0 Å². The van der Waals surface area contributed by atoms with Crippen molar-refractivity contribution in [1.82, 2.24) is 4.90 Å². The van der Waals surface area contributed by atoms with Gasteiger partial charge < -0.3 is 4.74 Å². The lowest BCUT2D eigenvalue weighted by Gasteiger charge is -2.12. The predicted molar refractivity (Wildman–Crippen MR) is 128 cm³/mol. The molecule has 0 spiro atoms. The lowest BCUT2D eigenvalue weighted by atomic mass is 10.2. The van der Waals surface area contributed by atoms with Crippen LogP contribution < -0.4 is 4.74 Å². The molecule has 1 heterocycles. The second-order valence-corrected chi connectivity index (χ2v) is 9.23. The lowest BCUT2D eigenvalue weighted by Crippen LogP contribution is -2.27. The van der Waals surface area contributed by atoms with E-state index in [0.717, 1.165) is 32.9 Å². The number of carbonyl (C=O) groups excluding carboxylic acids is 2. The molecule has 1 aliphatic heterocycles. The molecule has 4 nitrogen and oxygen atoms in total. The number of imide groups is 1. The van der Waals surface area contributed by atoms with E-state index >= 15 is 0 Å². The van der Waals surface area contributed by atoms with Gasteiger partial charge in [-0.15, -0.1) is 0 Å². The van der Waals surface area contributed by atoms with Gasteiger partial charge in [-0.25, -0.2) is 0 Å². The van der Waals surface area contributed by atoms with E-state index in [2.05, 4.69) is 15.9 Å². The average molecular weight is 515 g/mol. The van der Waals surface area contributed by atoms with Gasteiger partial charge in [0.25, 0.3) is 11.1 Å². The first kappa shape index (κ1) is 21.7. The third-order valence-electron chi connectivity index (χ3n) is 4.60. The number of nitrogens with zero attached hydrogens (tertiary/aromatic N) is 1. The van der Waals surface area contributed by atoms with E-state index in [4.69, 9.17) is 16.3 Å². The molecule has 1 fully saturated rings. The first-order valence-electron chi connectivity index (χ1n) is 9.45. The molecule has 4 rings (SSSR count). The highest BCUT2D eigenvalue weighted by Gasteiger charge is 2.34. The van der Waals surface area contributed by atoms with Crippen molar-refractivity contribution >= 4 is 56.5 Å². The van der Waals surface area contributed by atoms with E-state index in [-0.39, 0.29) is 17.7 Å². The van der Waals surface area contributed by atoms with Gasteiger partial charge in [0.2, 0.25) is 0 Å². The SMILES string of the molecule is O=C1S/C(=C\c2cccc(OCc3ccc(Cl)cc3)c2)C(=O)N1Cc1ccc(Br)cc1. The number of halogens is 2. The van der Waals surface area contributed by atoms with Crippen LogP contribution >= 0.6 is 39.3 Å². The molecule has 1 saturated heterocycles. The Morgan fingerprint density at radius 2 is 1.68 bits per heavy atom. The molecule has 7 heteroatoms. The van der Waals surface area contributed by atoms with Crippen LogP contribution in [0.5, 0.6) is 5.75 Å². The first-order chi connectivity index (χ1) is 15.0. The third-order valence-corrected chi connectivity index (χ3v) is 6.29. The van der Waals surface area contributed by atoms with Crippen molar-refractivity contribution in [3.05, 3.63) is 104 Å². The fourth-order valence-electron chi connectivity index (χ4n) is 3.00. The summed E-state index contributed by atoms with van der Waals surface area (Å²) in [6.45, 7) is 0.657. The molecule has 2 amide bonds. The van der Waals surface area contributed by atoms with Gasteiger partial charge in [0.1, 0.15) is 12.4 Å². The van der Waals surface area contributed by atoms with Crippen LogP contribution in [0.3, 0.4) is 0 Å². The minimum atomic E-state index is -0.287. The molecule has 0 bridgehead atoms. The number of ether oxygens (including phenoxy) is 1. The van der Waals surface area contributed by atoms with Crippen LogP contribution in [0.25, 0.3) is 6.08 Å². The Morgan fingerprint density at radius 1 is 0.968 bits per heavy atom. The second-order valence-electron chi connectivity index (χ2n) is 6.88. The van der Waals surface area contributed by atoms with Gasteiger partial charge in [0.15, 0.2) is 0 Å². The Hall–Kier alpha value is -2.54. The Labute approximate surface area is 198 Å². The van der Waals surface area contributed by atoms with E-state index in [1.54, 1.807) is 6.08 Å². The zero-order valence-corrected chi connectivity index (χ0v) is 19.4. The Morgan fingerprint density at radius 3 is 2.42 bits per heavy atom. The molecule has 31 heavy (non-hydrogen) atoms. The topological polar surface area (TPSA) is 46.6 Å². The minimum absolute atomic E-state index is 0.250. The molecular formula is C24H17BrClNO3S. The van der Waals surface area contributed by atoms with Gasteiger partial charge in [-0.2, -0.15) is 0 Å². The maximum absolute atomic E-state index is 12.8. The zero-order chi connectivity index (χ0) is 21.8. The molecule has 0 aromatic heterocycles. The lowest BCUT2D eigenvalue weighted by molar-refractivity contribution is -0.123. The molecule has 156 valence electrons. The van der Waals surface area contributed by atoms with Crippen molar-refractivity contribution in [2.45, 2.75) is 13.2 Å². The highest BCUT2D eigenvalue weighted by molar-refractivity contribution is 9.10. The summed E-state index contributed by atoms with van der Waals surface area (Å²) in [5.74, 6) is 0.392. The Bertz CT molecular complexity index is 1150. The number of thioether (sulfide) groups is 1. The van der Waals surface area contributed by atoms with Gasteiger partial charge in [0, 0.05) is 9.50 Å². The number of hydrogen-bond donors (Lipinski definition) is 0. The van der Waals surface area contributed by atoms with Crippen molar-refractivity contribution in [1.29, 1.82) is 0 Å². The molecule has 3 aromatic carbocycles. The highest BCUT2D eigenvalue weighted by atomic mass is 79.9. The number of hydrogen-bond acceptors (Lipinski definition) is 4. The monoisotopic (exact) mass is 513 g/mol. The van der Waals surface area contributed by atoms with E-state index in [0.29, 0.717) is 22.3 Å². The molecule has 3 aromatic rings. The van der Waals surface area contributed by atoms with Crippen molar-refractivity contribution < 1.29 is 14.3 Å². The van der Waals surface area contributed by atoms with Gasteiger partial charge in [-0.1, -0.05) is 63.9 Å². The number of amides is 2. The van der Waals surface area contributed by atoms with E-state index in [9.17, 15) is 9.59 Å². The largest absolute Gasteiger partial charge is 0.489 e. The van der Waals surface area contributed by atoms with Crippen LogP contribution in [0.2, 0.25) is 5.02 Å². The van der Waals surface area contributed by atoms with Crippen LogP contribution in [-0.4, -0.2) is 16.0 Å². The predicted octanol–water partition coefficient (Wildman–Crippen LogP) is 6.92. The standard InChI is InChI=1S/C24H17BrClNO3S/c25-19-8-4-16(5-9-19)14-27-23(28)22(31-24(27)29)13-18-2-1-3-21(12-18)30-15-17-6-10-20(26)11-7-17/h1-13H,14-15H2/b22-13-. The fourth-order valence-corrected chi connectivity index (χ4v) is 4.23. The highest BCUT2D eigenvalue weighted by Crippen LogP contribution is 2.34. The summed E-state index contributed by atoms with van der Waals surface area (Å²) in [5, 5.41) is 0.411. The number of rotatable bonds is 6. The quantitative estimate of drug-likeness (QED) is 0.335. The zero-order valence-electron chi connectivity index (χ0n) is 16.3. The van der Waals surface area contributed by atoms with Gasteiger partial charge in [-0.05, 0) is 70.9 Å². The van der Waals surface area contributed by atoms with E-state index in [1.165, 1.54) is 4.90 Å². The summed E-state index contributed by atoms with van der Waals surface area (Å²) in [4.78, 5) is 26.8. The second kappa shape index (κ2) is 9.73. The summed E-state index contributed by atoms with van der Waals surface area (Å²) in [6, 6.07) is 22.4. The molecular weight excluding hydrogens is 498 g/mol. The van der Waals surface area contributed by atoms with Crippen LogP contribution in [0.1, 0.15) is 16.7 Å². The van der Waals surface area contributed by atoms with Crippen molar-refractivity contribution in [3.63, 3.8) is 0 Å². The number of benzene rings is 3. The molecule has 0 aliphatic carbocycles. The smallest absolute Gasteiger partial charge is 0.293 e. The van der Waals surface area contributed by atoms with E-state index < -0.39 is 0 Å². The van der Waals surface area contributed by atoms with Crippen molar-refractivity contribution in [2.24, 2.45) is 0 Å². The Balaban J connectivity index is 1.44. The summed E-state index contributed by atoms with van der Waals surface area (Å²) in [7, 11) is 0. The minimum Gasteiger partial charge on any atom is -0.489 e. The molecule has 0 saturated carbocycles. The maximum Gasteiger partial charge on any atom is 0.293 e. The molecule has 0 unspecified atom stereocenters. The van der Waals surface area contributed by atoms with E-state index in [1.807, 2.05) is 72.8 Å². The molecule has 0 atom stereocenters. The normalized spacial score (nSPS) is 15.0. The molecule has 0 N–H and O–H groups in total. The average Bonchev–Trinajstić information content (AvgIpc) is 3.02. The summed E-state index contributed by atoms with van der Waals surface area (Å²) in [5.41, 5.74) is 2.69. The van der Waals surface area contributed by atoms with Crippen LogP contribution in [0.4, 0.5) is 4.79 Å². The van der Waals surface area contributed by atoms with Crippen LogP contribution in [-0.2, 0) is 17.9 Å². The number of carbonyl (C=O) groups is 2. The third kappa shape index (κ3) is 5.58. The van der Waals surface area contributed by atoms with Gasteiger partial charge in [0.05, 0.1) is 11.4 Å². The van der Waals surface area contributed by atoms with Crippen LogP contribution in [0, 0.1) is 0 Å². The molecule has 0 radical (unpaired) electrons. The summed E-state index contributed by atoms with van der Waals surface area (Å²) in [6.07, 6.45) is 1.72. The Kier molecular flexibility index (Phi) is 6.80.